The van der Waals surface area contributed by atoms with Crippen LogP contribution in [-0.2, 0) is 0 Å². The molecule has 0 unspecified atom stereocenters. The average molecular weight is 146 g/mol. The van der Waals surface area contributed by atoms with Crippen molar-refractivity contribution in [3.63, 3.8) is 0 Å². The molecular weight excluding hydrogens is 132 g/mol. The van der Waals surface area contributed by atoms with Crippen molar-refractivity contribution in [1.29, 1.82) is 0 Å². The van der Waals surface area contributed by atoms with Crippen molar-refractivity contribution < 1.29 is 0 Å². The van der Waals surface area contributed by atoms with Crippen molar-refractivity contribution in [2.45, 2.75) is 19.8 Å². The van der Waals surface area contributed by atoms with Gasteiger partial charge in [0.2, 0.25) is 0 Å². The Bertz CT molecular complexity index is 239. The predicted octanol–water partition coefficient (Wildman–Crippen LogP) is 3.40. The summed E-state index contributed by atoms with van der Waals surface area (Å²) >= 11 is 0. The second kappa shape index (κ2) is 3.38. The smallest absolute Gasteiger partial charge is 0.0231 e. The lowest BCUT2D eigenvalue weighted by molar-refractivity contribution is 0.950. The van der Waals surface area contributed by atoms with Crippen LogP contribution in [0.25, 0.3) is 0 Å². The van der Waals surface area contributed by atoms with Gasteiger partial charge in [0.05, 0.1) is 0 Å². The third kappa shape index (κ3) is 1.94. The van der Waals surface area contributed by atoms with Crippen LogP contribution in [0.3, 0.4) is 0 Å². The van der Waals surface area contributed by atoms with Gasteiger partial charge in [0, 0.05) is 0 Å². The summed E-state index contributed by atoms with van der Waals surface area (Å²) in [5.74, 6) is 0. The first-order valence-electron chi connectivity index (χ1n) is 3.93. The molecule has 0 aromatic heterocycles. The standard InChI is InChI=1S/C11H14/c1-4-10(3)11-7-5-6-9(2)8-11/h4,7-8H,1,3,5-6H2,2H3. The van der Waals surface area contributed by atoms with Crippen LogP contribution in [0, 0.1) is 0 Å². The first-order chi connectivity index (χ1) is 5.24. The SMILES string of the molecule is C=CC(=C)C1=CCCC(C)=C1. The van der Waals surface area contributed by atoms with E-state index in [2.05, 4.69) is 32.2 Å². The molecule has 0 atom stereocenters. The second-order valence-corrected chi connectivity index (χ2v) is 2.92. The van der Waals surface area contributed by atoms with Gasteiger partial charge in [-0.05, 0) is 30.9 Å². The highest BCUT2D eigenvalue weighted by atomic mass is 14.1. The van der Waals surface area contributed by atoms with Gasteiger partial charge in [-0.15, -0.1) is 0 Å². The fraction of sp³-hybridized carbons (Fsp3) is 0.273. The van der Waals surface area contributed by atoms with Crippen LogP contribution >= 0.6 is 0 Å². The Morgan fingerprint density at radius 1 is 1.64 bits per heavy atom. The molecule has 0 fully saturated rings. The Kier molecular flexibility index (Phi) is 2.48. The van der Waals surface area contributed by atoms with Crippen molar-refractivity contribution in [3.8, 4) is 0 Å². The second-order valence-electron chi connectivity index (χ2n) is 2.92. The lowest BCUT2D eigenvalue weighted by Gasteiger charge is -2.09. The topological polar surface area (TPSA) is 0 Å². The zero-order valence-electron chi connectivity index (χ0n) is 7.06. The maximum atomic E-state index is 3.90. The van der Waals surface area contributed by atoms with Crippen molar-refractivity contribution in [3.05, 3.63) is 48.1 Å². The summed E-state index contributed by atoms with van der Waals surface area (Å²) < 4.78 is 0. The van der Waals surface area contributed by atoms with E-state index in [0.717, 1.165) is 12.0 Å². The zero-order chi connectivity index (χ0) is 8.27. The lowest BCUT2D eigenvalue weighted by atomic mass is 9.96. The van der Waals surface area contributed by atoms with Gasteiger partial charge in [-0.2, -0.15) is 0 Å². The molecule has 0 amide bonds. The Morgan fingerprint density at radius 3 is 2.91 bits per heavy atom. The molecule has 0 aromatic carbocycles. The van der Waals surface area contributed by atoms with E-state index >= 15 is 0 Å². The first kappa shape index (κ1) is 8.06. The van der Waals surface area contributed by atoms with Gasteiger partial charge >= 0.3 is 0 Å². The number of hydrogen-bond acceptors (Lipinski definition) is 0. The van der Waals surface area contributed by atoms with Gasteiger partial charge in [-0.3, -0.25) is 0 Å². The molecule has 0 radical (unpaired) electrons. The van der Waals surface area contributed by atoms with E-state index in [4.69, 9.17) is 0 Å². The lowest BCUT2D eigenvalue weighted by Crippen LogP contribution is -1.90. The normalized spacial score (nSPS) is 16.8. The van der Waals surface area contributed by atoms with E-state index in [9.17, 15) is 0 Å². The van der Waals surface area contributed by atoms with E-state index in [1.165, 1.54) is 17.6 Å². The number of hydrogen-bond donors (Lipinski definition) is 0. The summed E-state index contributed by atoms with van der Waals surface area (Å²) in [5, 5.41) is 0. The van der Waals surface area contributed by atoms with E-state index in [0.29, 0.717) is 0 Å². The van der Waals surface area contributed by atoms with Gasteiger partial charge in [0.15, 0.2) is 0 Å². The Balaban J connectivity index is 2.81. The first-order valence-corrected chi connectivity index (χ1v) is 3.93. The molecule has 11 heavy (non-hydrogen) atoms. The monoisotopic (exact) mass is 146 g/mol. The highest BCUT2D eigenvalue weighted by molar-refractivity contribution is 5.46. The molecule has 0 saturated heterocycles. The van der Waals surface area contributed by atoms with E-state index in [1.54, 1.807) is 6.08 Å². The van der Waals surface area contributed by atoms with Crippen LogP contribution in [-0.4, -0.2) is 0 Å². The summed E-state index contributed by atoms with van der Waals surface area (Å²) in [5.41, 5.74) is 3.71. The minimum atomic E-state index is 1.03. The van der Waals surface area contributed by atoms with Gasteiger partial charge in [-0.25, -0.2) is 0 Å². The van der Waals surface area contributed by atoms with Crippen LogP contribution in [0.5, 0.6) is 0 Å². The molecule has 1 aliphatic carbocycles. The fourth-order valence-electron chi connectivity index (χ4n) is 1.19. The van der Waals surface area contributed by atoms with Crippen molar-refractivity contribution in [1.82, 2.24) is 0 Å². The van der Waals surface area contributed by atoms with Gasteiger partial charge in [0.1, 0.15) is 0 Å². The largest absolute Gasteiger partial charge is 0.0985 e. The maximum absolute atomic E-state index is 3.90. The van der Waals surface area contributed by atoms with E-state index in [-0.39, 0.29) is 0 Å². The quantitative estimate of drug-likeness (QED) is 0.524. The van der Waals surface area contributed by atoms with Crippen LogP contribution in [0.4, 0.5) is 0 Å². The fourth-order valence-corrected chi connectivity index (χ4v) is 1.19. The zero-order valence-corrected chi connectivity index (χ0v) is 7.06. The number of allylic oxidation sites excluding steroid dienone is 6. The molecule has 0 nitrogen and oxygen atoms in total. The van der Waals surface area contributed by atoms with Gasteiger partial charge in [0.25, 0.3) is 0 Å². The van der Waals surface area contributed by atoms with Crippen molar-refractivity contribution >= 4 is 0 Å². The third-order valence-corrected chi connectivity index (χ3v) is 1.92. The Morgan fingerprint density at radius 2 is 2.36 bits per heavy atom. The number of rotatable bonds is 2. The molecule has 1 aliphatic rings. The summed E-state index contributed by atoms with van der Waals surface area (Å²) in [6.45, 7) is 9.75. The average Bonchev–Trinajstić information content (AvgIpc) is 2.03. The molecule has 0 aliphatic heterocycles. The summed E-state index contributed by atoms with van der Waals surface area (Å²) in [6.07, 6.45) is 8.55. The molecule has 0 heterocycles. The minimum Gasteiger partial charge on any atom is -0.0985 e. The predicted molar refractivity (Wildman–Crippen MR) is 50.4 cm³/mol. The van der Waals surface area contributed by atoms with Gasteiger partial charge in [-0.1, -0.05) is 37.0 Å². The summed E-state index contributed by atoms with van der Waals surface area (Å²) in [7, 11) is 0. The summed E-state index contributed by atoms with van der Waals surface area (Å²) in [6, 6.07) is 0. The van der Waals surface area contributed by atoms with Crippen LogP contribution in [0.2, 0.25) is 0 Å². The maximum Gasteiger partial charge on any atom is -0.0231 e. The molecule has 58 valence electrons. The van der Waals surface area contributed by atoms with Crippen LogP contribution < -0.4 is 0 Å². The Hall–Kier alpha value is -1.04. The molecule has 0 bridgehead atoms. The Labute approximate surface area is 68.6 Å². The van der Waals surface area contributed by atoms with Gasteiger partial charge < -0.3 is 0 Å². The van der Waals surface area contributed by atoms with Crippen molar-refractivity contribution in [2.75, 3.05) is 0 Å². The third-order valence-electron chi connectivity index (χ3n) is 1.92. The molecule has 1 rings (SSSR count). The van der Waals surface area contributed by atoms with Crippen molar-refractivity contribution in [2.24, 2.45) is 0 Å². The highest BCUT2D eigenvalue weighted by Crippen LogP contribution is 2.21. The molecule has 0 aromatic rings. The molecular formula is C11H14. The van der Waals surface area contributed by atoms with Crippen LogP contribution in [0.15, 0.2) is 48.1 Å². The molecule has 0 saturated carbocycles. The van der Waals surface area contributed by atoms with E-state index < -0.39 is 0 Å². The minimum absolute atomic E-state index is 1.03. The summed E-state index contributed by atoms with van der Waals surface area (Å²) in [4.78, 5) is 0. The molecule has 0 N–H and O–H groups in total. The molecule has 0 spiro atoms. The van der Waals surface area contributed by atoms with Crippen LogP contribution in [0.1, 0.15) is 19.8 Å². The molecule has 0 heteroatoms. The highest BCUT2D eigenvalue weighted by Gasteiger charge is 2.01. The van der Waals surface area contributed by atoms with E-state index in [1.807, 2.05) is 0 Å².